The number of nitrogen functional groups attached to an aromatic ring is 1. The molecule has 1 saturated carbocycles. The first-order valence-electron chi connectivity index (χ1n) is 10.9. The van der Waals surface area contributed by atoms with Crippen molar-refractivity contribution in [2.24, 2.45) is 5.73 Å². The first-order valence-corrected chi connectivity index (χ1v) is 10.9. The molecule has 0 radical (unpaired) electrons. The Bertz CT molecular complexity index is 1050. The lowest BCUT2D eigenvalue weighted by molar-refractivity contribution is 0.0652. The number of carbonyl (C=O) groups excluding carboxylic acids is 1. The number of aliphatic hydroxyl groups is 1. The van der Waals surface area contributed by atoms with E-state index in [0.29, 0.717) is 47.9 Å². The van der Waals surface area contributed by atoms with Gasteiger partial charge >= 0.3 is 0 Å². The first-order chi connectivity index (χ1) is 15.6. The molecule has 3 atom stereocenters. The highest BCUT2D eigenvalue weighted by Gasteiger charge is 2.33. The Morgan fingerprint density at radius 2 is 1.97 bits per heavy atom. The molecular formula is C22H29N7O3. The van der Waals surface area contributed by atoms with Gasteiger partial charge in [-0.25, -0.2) is 15.0 Å². The van der Waals surface area contributed by atoms with Crippen LogP contribution in [0.3, 0.4) is 0 Å². The summed E-state index contributed by atoms with van der Waals surface area (Å²) in [6.07, 6.45) is 6.26. The highest BCUT2D eigenvalue weighted by atomic mass is 16.5. The highest BCUT2D eigenvalue weighted by molar-refractivity contribution is 5.94. The molecule has 10 heteroatoms. The number of anilines is 1. The molecule has 6 N–H and O–H groups in total. The van der Waals surface area contributed by atoms with Crippen molar-refractivity contribution in [3.8, 4) is 5.75 Å². The monoisotopic (exact) mass is 439 g/mol. The summed E-state index contributed by atoms with van der Waals surface area (Å²) in [5.41, 5.74) is 13.0. The predicted molar refractivity (Wildman–Crippen MR) is 120 cm³/mol. The summed E-state index contributed by atoms with van der Waals surface area (Å²) in [4.78, 5) is 25.5. The predicted octanol–water partition coefficient (Wildman–Crippen LogP) is 1.41. The summed E-state index contributed by atoms with van der Waals surface area (Å²) in [6, 6.07) is 6.29. The molecule has 10 nitrogen and oxygen atoms in total. The second-order valence-electron chi connectivity index (χ2n) is 8.02. The number of nitrogens with two attached hydrogens (primary N) is 2. The van der Waals surface area contributed by atoms with Gasteiger partial charge in [0.1, 0.15) is 17.6 Å². The van der Waals surface area contributed by atoms with Crippen LogP contribution >= 0.6 is 0 Å². The average molecular weight is 440 g/mol. The van der Waals surface area contributed by atoms with Crippen LogP contribution < -0.4 is 21.5 Å². The summed E-state index contributed by atoms with van der Waals surface area (Å²) < 4.78 is 7.43. The third-order valence-corrected chi connectivity index (χ3v) is 5.87. The molecule has 0 spiro atoms. The molecule has 1 aromatic carbocycles. The number of rotatable bonds is 7. The van der Waals surface area contributed by atoms with E-state index >= 15 is 0 Å². The van der Waals surface area contributed by atoms with Crippen LogP contribution in [0, 0.1) is 0 Å². The van der Waals surface area contributed by atoms with Gasteiger partial charge in [-0.15, -0.1) is 0 Å². The fraction of sp³-hybridized carbons (Fsp3) is 0.455. The molecule has 1 amide bonds. The second-order valence-corrected chi connectivity index (χ2v) is 8.02. The standard InChI is InChI=1S/C22H29N7O3/c23-10-3-11-32-15-8-6-14(7-9-15)22(31)28-16-4-1-2-5-17(19(16)30)29-13-27-18-20(24)25-12-26-21(18)29/h6-9,12-13,16-17,19,30H,1-5,10-11,23H2,(H,28,31)(H2,24,25,26)/t16-,17+,19+/m0/s1. The number of aromatic nitrogens is 4. The van der Waals surface area contributed by atoms with E-state index in [2.05, 4.69) is 20.3 Å². The topological polar surface area (TPSA) is 154 Å². The zero-order valence-corrected chi connectivity index (χ0v) is 17.9. The summed E-state index contributed by atoms with van der Waals surface area (Å²) in [5.74, 6) is 0.764. The number of ether oxygens (including phenoxy) is 1. The van der Waals surface area contributed by atoms with Gasteiger partial charge in [-0.3, -0.25) is 4.79 Å². The molecule has 1 aliphatic carbocycles. The summed E-state index contributed by atoms with van der Waals surface area (Å²) >= 11 is 0. The molecule has 4 rings (SSSR count). The van der Waals surface area contributed by atoms with Crippen LogP contribution in [0.25, 0.3) is 11.2 Å². The first kappa shape index (κ1) is 22.0. The number of benzene rings is 1. The lowest BCUT2D eigenvalue weighted by Gasteiger charge is -2.29. The van der Waals surface area contributed by atoms with Crippen LogP contribution in [0.15, 0.2) is 36.9 Å². The van der Waals surface area contributed by atoms with Crippen LogP contribution in [0.2, 0.25) is 0 Å². The number of imidazole rings is 1. The van der Waals surface area contributed by atoms with Gasteiger partial charge in [0.25, 0.3) is 5.91 Å². The molecule has 2 heterocycles. The number of hydrogen-bond donors (Lipinski definition) is 4. The van der Waals surface area contributed by atoms with Crippen molar-refractivity contribution in [2.45, 2.75) is 50.3 Å². The van der Waals surface area contributed by atoms with Crippen molar-refractivity contribution in [2.75, 3.05) is 18.9 Å². The van der Waals surface area contributed by atoms with E-state index in [-0.39, 0.29) is 11.9 Å². The molecule has 1 fully saturated rings. The van der Waals surface area contributed by atoms with Crippen molar-refractivity contribution in [1.82, 2.24) is 24.8 Å². The molecule has 0 aliphatic heterocycles. The Hall–Kier alpha value is -3.24. The van der Waals surface area contributed by atoms with Crippen molar-refractivity contribution in [3.63, 3.8) is 0 Å². The number of fused-ring (bicyclic) bond motifs is 1. The third kappa shape index (κ3) is 4.66. The number of nitrogens with one attached hydrogen (secondary N) is 1. The minimum atomic E-state index is -0.797. The normalized spacial score (nSPS) is 21.2. The van der Waals surface area contributed by atoms with Crippen LogP contribution in [0.4, 0.5) is 5.82 Å². The van der Waals surface area contributed by atoms with Crippen molar-refractivity contribution in [1.29, 1.82) is 0 Å². The van der Waals surface area contributed by atoms with Gasteiger partial charge in [-0.1, -0.05) is 12.8 Å². The maximum Gasteiger partial charge on any atom is 0.251 e. The van der Waals surface area contributed by atoms with Crippen molar-refractivity contribution in [3.05, 3.63) is 42.5 Å². The van der Waals surface area contributed by atoms with E-state index < -0.39 is 12.1 Å². The van der Waals surface area contributed by atoms with Crippen LogP contribution in [-0.4, -0.2) is 55.8 Å². The molecular weight excluding hydrogens is 410 g/mol. The number of aliphatic hydroxyl groups excluding tert-OH is 1. The van der Waals surface area contributed by atoms with E-state index in [9.17, 15) is 9.90 Å². The quantitative estimate of drug-likeness (QED) is 0.318. The van der Waals surface area contributed by atoms with Crippen LogP contribution in [0.1, 0.15) is 48.5 Å². The van der Waals surface area contributed by atoms with E-state index in [1.807, 2.05) is 4.57 Å². The average Bonchev–Trinajstić information content (AvgIpc) is 3.15. The molecule has 0 saturated heterocycles. The Kier molecular flexibility index (Phi) is 6.81. The van der Waals surface area contributed by atoms with Crippen LogP contribution in [0.5, 0.6) is 5.75 Å². The smallest absolute Gasteiger partial charge is 0.251 e. The molecule has 170 valence electrons. The van der Waals surface area contributed by atoms with E-state index in [1.54, 1.807) is 30.6 Å². The zero-order valence-electron chi connectivity index (χ0n) is 17.9. The molecule has 3 aromatic rings. The molecule has 0 bridgehead atoms. The van der Waals surface area contributed by atoms with Crippen molar-refractivity contribution >= 4 is 22.9 Å². The summed E-state index contributed by atoms with van der Waals surface area (Å²) in [6.45, 7) is 1.11. The number of nitrogens with zero attached hydrogens (tertiary/aromatic N) is 4. The third-order valence-electron chi connectivity index (χ3n) is 5.87. The van der Waals surface area contributed by atoms with E-state index in [1.165, 1.54) is 6.33 Å². The fourth-order valence-corrected chi connectivity index (χ4v) is 4.13. The number of carbonyl (C=O) groups is 1. The van der Waals surface area contributed by atoms with Crippen LogP contribution in [-0.2, 0) is 0 Å². The van der Waals surface area contributed by atoms with Gasteiger partial charge in [0.2, 0.25) is 0 Å². The molecule has 0 unspecified atom stereocenters. The summed E-state index contributed by atoms with van der Waals surface area (Å²) in [7, 11) is 0. The summed E-state index contributed by atoms with van der Waals surface area (Å²) in [5, 5.41) is 14.2. The molecule has 32 heavy (non-hydrogen) atoms. The Labute approximate surface area is 186 Å². The Balaban J connectivity index is 1.47. The fourth-order valence-electron chi connectivity index (χ4n) is 4.13. The second kappa shape index (κ2) is 9.92. The van der Waals surface area contributed by atoms with Crippen molar-refractivity contribution < 1.29 is 14.6 Å². The largest absolute Gasteiger partial charge is 0.494 e. The maximum atomic E-state index is 12.9. The van der Waals surface area contributed by atoms with Gasteiger partial charge in [0.05, 0.1) is 31.1 Å². The van der Waals surface area contributed by atoms with Gasteiger partial charge in [0, 0.05) is 5.56 Å². The Morgan fingerprint density at radius 3 is 2.75 bits per heavy atom. The lowest BCUT2D eigenvalue weighted by atomic mass is 10.0. The number of hydrogen-bond acceptors (Lipinski definition) is 8. The minimum Gasteiger partial charge on any atom is -0.494 e. The molecule has 2 aromatic heterocycles. The van der Waals surface area contributed by atoms with E-state index in [4.69, 9.17) is 16.2 Å². The maximum absolute atomic E-state index is 12.9. The van der Waals surface area contributed by atoms with Gasteiger partial charge in [-0.2, -0.15) is 0 Å². The van der Waals surface area contributed by atoms with Gasteiger partial charge < -0.3 is 31.2 Å². The van der Waals surface area contributed by atoms with Gasteiger partial charge in [-0.05, 0) is 50.1 Å². The lowest BCUT2D eigenvalue weighted by Crippen LogP contribution is -2.46. The van der Waals surface area contributed by atoms with Gasteiger partial charge in [0.15, 0.2) is 11.5 Å². The molecule has 1 aliphatic rings. The number of amides is 1. The highest BCUT2D eigenvalue weighted by Crippen LogP contribution is 2.31. The van der Waals surface area contributed by atoms with E-state index in [0.717, 1.165) is 25.7 Å². The Morgan fingerprint density at radius 1 is 1.19 bits per heavy atom. The SMILES string of the molecule is NCCCOc1ccc(C(=O)N[C@H]2CCCC[C@@H](n3cnc4c(N)ncnc43)[C@@H]2O)cc1. The zero-order chi connectivity index (χ0) is 22.5. The minimum absolute atomic E-state index is 0.231.